The van der Waals surface area contributed by atoms with Gasteiger partial charge in [-0.15, -0.1) is 0 Å². The van der Waals surface area contributed by atoms with Crippen LogP contribution in [0.5, 0.6) is 0 Å². The Balaban J connectivity index is 2.12. The van der Waals surface area contributed by atoms with Gasteiger partial charge in [0.2, 0.25) is 10.0 Å². The van der Waals surface area contributed by atoms with Gasteiger partial charge in [0.25, 0.3) is 0 Å². The van der Waals surface area contributed by atoms with E-state index in [1.54, 1.807) is 12.1 Å². The van der Waals surface area contributed by atoms with Gasteiger partial charge < -0.3 is 4.74 Å². The minimum absolute atomic E-state index is 0.0316. The van der Waals surface area contributed by atoms with Gasteiger partial charge in [-0.3, -0.25) is 0 Å². The molecule has 112 valence electrons. The van der Waals surface area contributed by atoms with Crippen LogP contribution in [0.2, 0.25) is 5.02 Å². The molecule has 0 bridgehead atoms. The van der Waals surface area contributed by atoms with Crippen LogP contribution in [0, 0.1) is 0 Å². The first kappa shape index (κ1) is 15.8. The predicted molar refractivity (Wildman–Crippen MR) is 79.4 cm³/mol. The summed E-state index contributed by atoms with van der Waals surface area (Å²) in [6.45, 7) is 2.53. The molecular weight excluding hydrogens is 298 g/mol. The highest BCUT2D eigenvalue weighted by molar-refractivity contribution is 7.89. The smallest absolute Gasteiger partial charge is 0.240 e. The average molecular weight is 318 g/mol. The molecule has 0 radical (unpaired) electrons. The lowest BCUT2D eigenvalue weighted by atomic mass is 9.93. The van der Waals surface area contributed by atoms with Crippen molar-refractivity contribution in [3.8, 4) is 0 Å². The molecule has 2 rings (SSSR count). The Morgan fingerprint density at radius 2 is 1.90 bits per heavy atom. The van der Waals surface area contributed by atoms with Crippen LogP contribution in [0.3, 0.4) is 0 Å². The zero-order valence-corrected chi connectivity index (χ0v) is 13.1. The molecule has 1 aromatic rings. The molecule has 0 aromatic heterocycles. The third-order valence-electron chi connectivity index (χ3n) is 3.51. The molecule has 0 saturated heterocycles. The van der Waals surface area contributed by atoms with Gasteiger partial charge in [-0.05, 0) is 44.0 Å². The molecule has 1 N–H and O–H groups in total. The molecule has 1 aliphatic rings. The molecule has 1 fully saturated rings. The van der Waals surface area contributed by atoms with Crippen molar-refractivity contribution in [3.63, 3.8) is 0 Å². The van der Waals surface area contributed by atoms with Crippen LogP contribution < -0.4 is 4.72 Å². The fraction of sp³-hybridized carbons (Fsp3) is 0.571. The fourth-order valence-electron chi connectivity index (χ4n) is 2.53. The van der Waals surface area contributed by atoms with E-state index < -0.39 is 10.0 Å². The molecule has 0 spiro atoms. The van der Waals surface area contributed by atoms with Crippen molar-refractivity contribution in [1.82, 2.24) is 4.72 Å². The van der Waals surface area contributed by atoms with Crippen molar-refractivity contribution in [3.05, 3.63) is 29.3 Å². The van der Waals surface area contributed by atoms with Crippen molar-refractivity contribution >= 4 is 21.6 Å². The van der Waals surface area contributed by atoms with Crippen LogP contribution in [-0.4, -0.2) is 27.2 Å². The molecule has 0 unspecified atom stereocenters. The zero-order valence-electron chi connectivity index (χ0n) is 11.5. The first-order valence-electron chi connectivity index (χ1n) is 6.92. The minimum atomic E-state index is -3.52. The highest BCUT2D eigenvalue weighted by Gasteiger charge is 2.29. The summed E-state index contributed by atoms with van der Waals surface area (Å²) in [5.74, 6) is 0. The molecule has 6 heteroatoms. The van der Waals surface area contributed by atoms with E-state index in [-0.39, 0.29) is 17.0 Å². The lowest BCUT2D eigenvalue weighted by Gasteiger charge is -2.31. The molecule has 0 aliphatic heterocycles. The molecule has 0 amide bonds. The largest absolute Gasteiger partial charge is 0.377 e. The maximum atomic E-state index is 12.4. The van der Waals surface area contributed by atoms with E-state index >= 15 is 0 Å². The number of hydrogen-bond acceptors (Lipinski definition) is 3. The second kappa shape index (κ2) is 6.89. The average Bonchev–Trinajstić information content (AvgIpc) is 2.41. The molecule has 20 heavy (non-hydrogen) atoms. The first-order valence-corrected chi connectivity index (χ1v) is 8.78. The van der Waals surface area contributed by atoms with Gasteiger partial charge in [0.15, 0.2) is 0 Å². The van der Waals surface area contributed by atoms with E-state index in [0.29, 0.717) is 11.6 Å². The zero-order chi connectivity index (χ0) is 14.6. The summed E-state index contributed by atoms with van der Waals surface area (Å²) in [6, 6.07) is 6.05. The molecule has 4 nitrogen and oxygen atoms in total. The monoisotopic (exact) mass is 317 g/mol. The van der Waals surface area contributed by atoms with Crippen LogP contribution in [0.25, 0.3) is 0 Å². The predicted octanol–water partition coefficient (Wildman–Crippen LogP) is 2.97. The SMILES string of the molecule is CCO[C@H]1CCCC[C@@H]1NS(=O)(=O)c1ccc(Cl)cc1. The quantitative estimate of drug-likeness (QED) is 0.908. The van der Waals surface area contributed by atoms with Gasteiger partial charge in [-0.25, -0.2) is 13.1 Å². The Hall–Kier alpha value is -0.620. The van der Waals surface area contributed by atoms with Crippen LogP contribution in [0.4, 0.5) is 0 Å². The van der Waals surface area contributed by atoms with E-state index in [2.05, 4.69) is 4.72 Å². The Morgan fingerprint density at radius 1 is 1.25 bits per heavy atom. The summed E-state index contributed by atoms with van der Waals surface area (Å²) in [4.78, 5) is 0.239. The summed E-state index contributed by atoms with van der Waals surface area (Å²) in [5.41, 5.74) is 0. The van der Waals surface area contributed by atoms with Crippen molar-refractivity contribution in [2.24, 2.45) is 0 Å². The second-order valence-corrected chi connectivity index (χ2v) is 7.11. The van der Waals surface area contributed by atoms with Crippen molar-refractivity contribution < 1.29 is 13.2 Å². The fourth-order valence-corrected chi connectivity index (χ4v) is 3.95. The molecule has 1 aliphatic carbocycles. The molecular formula is C14H20ClNO3S. The van der Waals surface area contributed by atoms with E-state index in [1.807, 2.05) is 6.92 Å². The minimum Gasteiger partial charge on any atom is -0.377 e. The molecule has 2 atom stereocenters. The number of benzene rings is 1. The Kier molecular flexibility index (Phi) is 5.43. The number of sulfonamides is 1. The van der Waals surface area contributed by atoms with Crippen molar-refractivity contribution in [2.75, 3.05) is 6.61 Å². The van der Waals surface area contributed by atoms with Gasteiger partial charge >= 0.3 is 0 Å². The number of hydrogen-bond donors (Lipinski definition) is 1. The highest BCUT2D eigenvalue weighted by atomic mass is 35.5. The molecule has 1 saturated carbocycles. The van der Waals surface area contributed by atoms with E-state index in [9.17, 15) is 8.42 Å². The topological polar surface area (TPSA) is 55.4 Å². The maximum Gasteiger partial charge on any atom is 0.240 e. The Morgan fingerprint density at radius 3 is 2.55 bits per heavy atom. The number of rotatable bonds is 5. The lowest BCUT2D eigenvalue weighted by Crippen LogP contribution is -2.46. The number of nitrogens with one attached hydrogen (secondary N) is 1. The van der Waals surface area contributed by atoms with E-state index in [0.717, 1.165) is 25.7 Å². The Bertz CT molecular complexity index is 528. The standard InChI is InChI=1S/C14H20ClNO3S/c1-2-19-14-6-4-3-5-13(14)16-20(17,18)12-9-7-11(15)8-10-12/h7-10,13-14,16H,2-6H2,1H3/t13-,14-/m0/s1. The summed E-state index contributed by atoms with van der Waals surface area (Å²) < 4.78 is 33.1. The van der Waals surface area contributed by atoms with Crippen LogP contribution in [-0.2, 0) is 14.8 Å². The maximum absolute atomic E-state index is 12.4. The van der Waals surface area contributed by atoms with Gasteiger partial charge in [-0.2, -0.15) is 0 Å². The molecule has 1 aromatic carbocycles. The highest BCUT2D eigenvalue weighted by Crippen LogP contribution is 2.23. The third-order valence-corrected chi connectivity index (χ3v) is 5.27. The summed E-state index contributed by atoms with van der Waals surface area (Å²) >= 11 is 5.78. The van der Waals surface area contributed by atoms with Crippen molar-refractivity contribution in [1.29, 1.82) is 0 Å². The van der Waals surface area contributed by atoms with E-state index in [1.165, 1.54) is 12.1 Å². The summed E-state index contributed by atoms with van der Waals surface area (Å²) in [6.07, 6.45) is 3.80. The molecule has 0 heterocycles. The van der Waals surface area contributed by atoms with Crippen LogP contribution >= 0.6 is 11.6 Å². The van der Waals surface area contributed by atoms with Gasteiger partial charge in [0.05, 0.1) is 11.0 Å². The van der Waals surface area contributed by atoms with E-state index in [4.69, 9.17) is 16.3 Å². The lowest BCUT2D eigenvalue weighted by molar-refractivity contribution is 0.0184. The van der Waals surface area contributed by atoms with Crippen molar-refractivity contribution in [2.45, 2.75) is 49.6 Å². The second-order valence-electron chi connectivity index (χ2n) is 4.96. The number of ether oxygens (including phenoxy) is 1. The van der Waals surface area contributed by atoms with Crippen LogP contribution in [0.15, 0.2) is 29.2 Å². The number of halogens is 1. The van der Waals surface area contributed by atoms with Crippen LogP contribution in [0.1, 0.15) is 32.6 Å². The Labute approximate surface area is 125 Å². The normalized spacial score (nSPS) is 23.7. The third kappa shape index (κ3) is 3.95. The van der Waals surface area contributed by atoms with Gasteiger partial charge in [0, 0.05) is 17.7 Å². The summed E-state index contributed by atoms with van der Waals surface area (Å²) in [5, 5.41) is 0.522. The summed E-state index contributed by atoms with van der Waals surface area (Å²) in [7, 11) is -3.52. The van der Waals surface area contributed by atoms with Gasteiger partial charge in [0.1, 0.15) is 0 Å². The first-order chi connectivity index (χ1) is 9.53. The van der Waals surface area contributed by atoms with Gasteiger partial charge in [-0.1, -0.05) is 24.4 Å².